The number of carbonyl (C=O) groups excluding carboxylic acids is 1. The maximum absolute atomic E-state index is 12.9. The maximum Gasteiger partial charge on any atom is 0.416 e. The van der Waals surface area contributed by atoms with Crippen molar-refractivity contribution in [3.05, 3.63) is 59.2 Å². The number of benzene rings is 2. The van der Waals surface area contributed by atoms with E-state index in [1.165, 1.54) is 6.07 Å². The largest absolute Gasteiger partial charge is 0.497 e. The first-order valence-electron chi connectivity index (χ1n) is 8.16. The number of ether oxygens (including phenoxy) is 1. The monoisotopic (exact) mass is 402 g/mol. The maximum atomic E-state index is 12.9. The lowest BCUT2D eigenvalue weighted by atomic mass is 10.1. The van der Waals surface area contributed by atoms with Crippen molar-refractivity contribution in [3.63, 3.8) is 0 Å². The SMILES string of the molecule is COc1ccc(CCCC(=O)Nc2cc(CN)cc(C(F)(F)F)c2)cc1.Cl. The third kappa shape index (κ3) is 7.11. The normalized spacial score (nSPS) is 10.9. The van der Waals surface area contributed by atoms with Crippen LogP contribution in [-0.2, 0) is 23.9 Å². The number of rotatable bonds is 7. The van der Waals surface area contributed by atoms with E-state index >= 15 is 0 Å². The van der Waals surface area contributed by atoms with Crippen LogP contribution in [0.25, 0.3) is 0 Å². The summed E-state index contributed by atoms with van der Waals surface area (Å²) in [6.45, 7) is -0.0374. The molecule has 148 valence electrons. The first-order valence-corrected chi connectivity index (χ1v) is 8.16. The van der Waals surface area contributed by atoms with Gasteiger partial charge in [0.15, 0.2) is 0 Å². The summed E-state index contributed by atoms with van der Waals surface area (Å²) < 4.78 is 43.8. The predicted molar refractivity (Wildman–Crippen MR) is 101 cm³/mol. The van der Waals surface area contributed by atoms with Crippen molar-refractivity contribution in [1.29, 1.82) is 0 Å². The smallest absolute Gasteiger partial charge is 0.416 e. The van der Waals surface area contributed by atoms with Crippen molar-refractivity contribution in [2.75, 3.05) is 12.4 Å². The Morgan fingerprint density at radius 2 is 1.78 bits per heavy atom. The van der Waals surface area contributed by atoms with Crippen LogP contribution in [0.5, 0.6) is 5.75 Å². The molecule has 4 nitrogen and oxygen atoms in total. The number of carbonyl (C=O) groups is 1. The van der Waals surface area contributed by atoms with Gasteiger partial charge in [-0.05, 0) is 54.3 Å². The quantitative estimate of drug-likeness (QED) is 0.713. The van der Waals surface area contributed by atoms with E-state index in [1.807, 2.05) is 24.3 Å². The third-order valence-corrected chi connectivity index (χ3v) is 3.87. The van der Waals surface area contributed by atoms with Gasteiger partial charge < -0.3 is 15.8 Å². The molecule has 0 atom stereocenters. The van der Waals surface area contributed by atoms with Gasteiger partial charge in [0, 0.05) is 18.7 Å². The van der Waals surface area contributed by atoms with Gasteiger partial charge in [-0.3, -0.25) is 4.79 Å². The van der Waals surface area contributed by atoms with Crippen LogP contribution >= 0.6 is 12.4 Å². The van der Waals surface area contributed by atoms with Crippen LogP contribution in [0.4, 0.5) is 18.9 Å². The highest BCUT2D eigenvalue weighted by Gasteiger charge is 2.31. The molecule has 8 heteroatoms. The zero-order valence-corrected chi connectivity index (χ0v) is 15.6. The number of nitrogens with two attached hydrogens (primary N) is 1. The average Bonchev–Trinajstić information content (AvgIpc) is 2.61. The second-order valence-electron chi connectivity index (χ2n) is 5.87. The Balaban J connectivity index is 0.00000364. The number of amides is 1. The standard InChI is InChI=1S/C19H21F3N2O2.ClH/c1-26-17-7-5-13(6-8-17)3-2-4-18(25)24-16-10-14(12-23)9-15(11-16)19(20,21)22;/h5-11H,2-4,12,23H2,1H3,(H,24,25);1H. The molecule has 0 heterocycles. The minimum absolute atomic E-state index is 0. The fourth-order valence-electron chi connectivity index (χ4n) is 2.51. The second-order valence-corrected chi connectivity index (χ2v) is 5.87. The fourth-order valence-corrected chi connectivity index (χ4v) is 2.51. The molecular formula is C19H22ClF3N2O2. The summed E-state index contributed by atoms with van der Waals surface area (Å²) in [6, 6.07) is 10.9. The van der Waals surface area contributed by atoms with Crippen molar-refractivity contribution in [2.45, 2.75) is 32.0 Å². The van der Waals surface area contributed by atoms with Crippen LogP contribution in [0.1, 0.15) is 29.5 Å². The van der Waals surface area contributed by atoms with Crippen molar-refractivity contribution < 1.29 is 22.7 Å². The first-order chi connectivity index (χ1) is 12.3. The molecule has 27 heavy (non-hydrogen) atoms. The summed E-state index contributed by atoms with van der Waals surface area (Å²) in [5.41, 5.74) is 6.09. The van der Waals surface area contributed by atoms with Gasteiger partial charge in [-0.2, -0.15) is 13.2 Å². The molecule has 1 amide bonds. The Kier molecular flexibility index (Phi) is 8.59. The summed E-state index contributed by atoms with van der Waals surface area (Å²) in [5, 5.41) is 2.52. The van der Waals surface area contributed by atoms with Crippen molar-refractivity contribution in [2.24, 2.45) is 5.73 Å². The van der Waals surface area contributed by atoms with Gasteiger partial charge in [0.25, 0.3) is 0 Å². The Morgan fingerprint density at radius 1 is 1.11 bits per heavy atom. The van der Waals surface area contributed by atoms with E-state index in [2.05, 4.69) is 5.32 Å². The van der Waals surface area contributed by atoms with Crippen molar-refractivity contribution in [1.82, 2.24) is 0 Å². The van der Waals surface area contributed by atoms with Gasteiger partial charge in [-0.15, -0.1) is 12.4 Å². The number of halogens is 4. The predicted octanol–water partition coefficient (Wildman–Crippen LogP) is 4.56. The lowest BCUT2D eigenvalue weighted by molar-refractivity contribution is -0.137. The fraction of sp³-hybridized carbons (Fsp3) is 0.316. The van der Waals surface area contributed by atoms with Gasteiger partial charge >= 0.3 is 6.18 Å². The number of hydrogen-bond donors (Lipinski definition) is 2. The minimum Gasteiger partial charge on any atom is -0.497 e. The van der Waals surface area contributed by atoms with Crippen LogP contribution in [0.15, 0.2) is 42.5 Å². The van der Waals surface area contributed by atoms with E-state index in [9.17, 15) is 18.0 Å². The molecule has 0 saturated carbocycles. The van der Waals surface area contributed by atoms with E-state index in [0.29, 0.717) is 18.4 Å². The van der Waals surface area contributed by atoms with E-state index in [-0.39, 0.29) is 37.0 Å². The summed E-state index contributed by atoms with van der Waals surface area (Å²) >= 11 is 0. The van der Waals surface area contributed by atoms with E-state index < -0.39 is 11.7 Å². The topological polar surface area (TPSA) is 64.3 Å². The third-order valence-electron chi connectivity index (χ3n) is 3.87. The molecule has 2 aromatic rings. The van der Waals surface area contributed by atoms with Gasteiger partial charge in [0.05, 0.1) is 12.7 Å². The Hall–Kier alpha value is -2.25. The summed E-state index contributed by atoms with van der Waals surface area (Å²) in [7, 11) is 1.59. The number of aryl methyl sites for hydroxylation is 1. The summed E-state index contributed by atoms with van der Waals surface area (Å²) in [4.78, 5) is 12.0. The molecule has 0 spiro atoms. The lowest BCUT2D eigenvalue weighted by Gasteiger charge is -2.12. The minimum atomic E-state index is -4.49. The van der Waals surface area contributed by atoms with E-state index in [0.717, 1.165) is 23.4 Å². The molecule has 0 aromatic heterocycles. The number of hydrogen-bond acceptors (Lipinski definition) is 3. The number of methoxy groups -OCH3 is 1. The van der Waals surface area contributed by atoms with Gasteiger partial charge in [0.2, 0.25) is 5.91 Å². The van der Waals surface area contributed by atoms with Gasteiger partial charge in [-0.25, -0.2) is 0 Å². The summed E-state index contributed by atoms with van der Waals surface area (Å²) in [6.07, 6.45) is -3.01. The number of alkyl halides is 3. The first kappa shape index (κ1) is 22.8. The Morgan fingerprint density at radius 3 is 2.33 bits per heavy atom. The molecule has 0 unspecified atom stereocenters. The summed E-state index contributed by atoms with van der Waals surface area (Å²) in [5.74, 6) is 0.424. The van der Waals surface area contributed by atoms with Gasteiger partial charge in [-0.1, -0.05) is 12.1 Å². The Labute approximate surface area is 162 Å². The number of anilines is 1. The second kappa shape index (κ2) is 10.2. The van der Waals surface area contributed by atoms with Crippen LogP contribution in [0, 0.1) is 0 Å². The molecule has 0 aliphatic carbocycles. The molecule has 2 rings (SSSR count). The van der Waals surface area contributed by atoms with Crippen LogP contribution in [-0.4, -0.2) is 13.0 Å². The van der Waals surface area contributed by atoms with Crippen molar-refractivity contribution >= 4 is 24.0 Å². The van der Waals surface area contributed by atoms with Gasteiger partial charge in [0.1, 0.15) is 5.75 Å². The molecular weight excluding hydrogens is 381 g/mol. The molecule has 0 saturated heterocycles. The molecule has 2 aromatic carbocycles. The van der Waals surface area contributed by atoms with Crippen LogP contribution < -0.4 is 15.8 Å². The molecule has 0 bridgehead atoms. The zero-order valence-electron chi connectivity index (χ0n) is 14.8. The van der Waals surface area contributed by atoms with E-state index in [1.54, 1.807) is 7.11 Å². The number of nitrogens with one attached hydrogen (secondary N) is 1. The van der Waals surface area contributed by atoms with Crippen LogP contribution in [0.3, 0.4) is 0 Å². The highest BCUT2D eigenvalue weighted by atomic mass is 35.5. The molecule has 0 aliphatic rings. The molecule has 0 fully saturated rings. The lowest BCUT2D eigenvalue weighted by Crippen LogP contribution is -2.14. The zero-order chi connectivity index (χ0) is 19.2. The van der Waals surface area contributed by atoms with E-state index in [4.69, 9.17) is 10.5 Å². The Bertz CT molecular complexity index is 750. The molecule has 0 aliphatic heterocycles. The molecule has 3 N–H and O–H groups in total. The highest BCUT2D eigenvalue weighted by molar-refractivity contribution is 5.90. The average molecular weight is 403 g/mol. The molecule has 0 radical (unpaired) electrons. The van der Waals surface area contributed by atoms with Crippen molar-refractivity contribution in [3.8, 4) is 5.75 Å². The highest BCUT2D eigenvalue weighted by Crippen LogP contribution is 2.32. The van der Waals surface area contributed by atoms with Crippen LogP contribution in [0.2, 0.25) is 0 Å².